The monoisotopic (exact) mass is 246 g/mol. The second-order valence-corrected chi connectivity index (χ2v) is 4.30. The van der Waals surface area contributed by atoms with Crippen molar-refractivity contribution in [2.45, 2.75) is 19.6 Å². The summed E-state index contributed by atoms with van der Waals surface area (Å²) < 4.78 is 5.33. The Balaban J connectivity index is 1.96. The first-order chi connectivity index (χ1) is 8.81. The van der Waals surface area contributed by atoms with Gasteiger partial charge in [-0.15, -0.1) is 0 Å². The van der Waals surface area contributed by atoms with Crippen molar-refractivity contribution in [3.8, 4) is 6.07 Å². The van der Waals surface area contributed by atoms with Crippen LogP contribution in [0.1, 0.15) is 12.5 Å². The number of anilines is 1. The van der Waals surface area contributed by atoms with Gasteiger partial charge < -0.3 is 10.1 Å². The van der Waals surface area contributed by atoms with Crippen molar-refractivity contribution in [2.75, 3.05) is 31.6 Å². The lowest BCUT2D eigenvalue weighted by Gasteiger charge is -2.29. The topological polar surface area (TPSA) is 61.2 Å². The number of aromatic nitrogens is 1. The summed E-state index contributed by atoms with van der Waals surface area (Å²) >= 11 is 0. The standard InChI is InChI=1S/C13H18N4O/c1-2-15-13-7-11(3-4-16-13)9-17-5-6-18-12(8-14)10-17/h3-4,7,12H,2,5-6,9-10H2,1H3,(H,15,16). The van der Waals surface area contributed by atoms with Gasteiger partial charge in [0.25, 0.3) is 0 Å². The molecule has 18 heavy (non-hydrogen) atoms. The first kappa shape index (κ1) is 12.8. The first-order valence-corrected chi connectivity index (χ1v) is 6.24. The molecule has 1 aromatic rings. The number of hydrogen-bond acceptors (Lipinski definition) is 5. The van der Waals surface area contributed by atoms with Gasteiger partial charge in [-0.1, -0.05) is 0 Å². The third-order valence-electron chi connectivity index (χ3n) is 2.88. The predicted molar refractivity (Wildman–Crippen MR) is 69.0 cm³/mol. The minimum absolute atomic E-state index is 0.297. The predicted octanol–water partition coefficient (Wildman–Crippen LogP) is 1.24. The smallest absolute Gasteiger partial charge is 0.156 e. The summed E-state index contributed by atoms with van der Waals surface area (Å²) in [5.74, 6) is 0.903. The van der Waals surface area contributed by atoms with E-state index < -0.39 is 0 Å². The Kier molecular flexibility index (Phi) is 4.51. The fourth-order valence-corrected chi connectivity index (χ4v) is 2.03. The fraction of sp³-hybridized carbons (Fsp3) is 0.538. The lowest BCUT2D eigenvalue weighted by molar-refractivity contribution is -0.00269. The molecule has 0 aromatic carbocycles. The van der Waals surface area contributed by atoms with Crippen LogP contribution < -0.4 is 5.32 Å². The maximum atomic E-state index is 8.87. The van der Waals surface area contributed by atoms with Crippen LogP contribution in [0.5, 0.6) is 0 Å². The molecule has 2 heterocycles. The molecular weight excluding hydrogens is 228 g/mol. The molecule has 0 amide bonds. The molecule has 0 bridgehead atoms. The third-order valence-corrected chi connectivity index (χ3v) is 2.88. The van der Waals surface area contributed by atoms with E-state index in [1.54, 1.807) is 0 Å². The van der Waals surface area contributed by atoms with Crippen molar-refractivity contribution < 1.29 is 4.74 Å². The summed E-state index contributed by atoms with van der Waals surface area (Å²) in [7, 11) is 0. The van der Waals surface area contributed by atoms with Crippen LogP contribution in [0, 0.1) is 11.3 Å². The molecule has 1 unspecified atom stereocenters. The number of nitrogens with zero attached hydrogens (tertiary/aromatic N) is 3. The van der Waals surface area contributed by atoms with Gasteiger partial charge in [0.15, 0.2) is 6.10 Å². The Morgan fingerprint density at radius 2 is 2.56 bits per heavy atom. The lowest BCUT2D eigenvalue weighted by atomic mass is 10.2. The van der Waals surface area contributed by atoms with Crippen LogP contribution in [0.25, 0.3) is 0 Å². The van der Waals surface area contributed by atoms with Crippen molar-refractivity contribution in [3.05, 3.63) is 23.9 Å². The normalized spacial score (nSPS) is 20.3. The molecule has 5 nitrogen and oxygen atoms in total. The summed E-state index contributed by atoms with van der Waals surface area (Å²) in [6, 6.07) is 6.23. The minimum Gasteiger partial charge on any atom is -0.370 e. The Morgan fingerprint density at radius 1 is 1.67 bits per heavy atom. The highest BCUT2D eigenvalue weighted by Crippen LogP contribution is 2.12. The zero-order chi connectivity index (χ0) is 12.8. The Morgan fingerprint density at radius 3 is 3.33 bits per heavy atom. The molecular formula is C13H18N4O. The molecule has 1 aromatic heterocycles. The number of hydrogen-bond donors (Lipinski definition) is 1. The highest BCUT2D eigenvalue weighted by atomic mass is 16.5. The van der Waals surface area contributed by atoms with Gasteiger partial charge in [-0.3, -0.25) is 4.90 Å². The molecule has 1 saturated heterocycles. The molecule has 1 N–H and O–H groups in total. The maximum absolute atomic E-state index is 8.87. The van der Waals surface area contributed by atoms with Gasteiger partial charge in [-0.25, -0.2) is 4.98 Å². The number of nitrogens with one attached hydrogen (secondary N) is 1. The van der Waals surface area contributed by atoms with Crippen molar-refractivity contribution >= 4 is 5.82 Å². The Bertz CT molecular complexity index is 429. The molecule has 1 aliphatic rings. The van der Waals surface area contributed by atoms with Crippen molar-refractivity contribution in [2.24, 2.45) is 0 Å². The summed E-state index contributed by atoms with van der Waals surface area (Å²) in [4.78, 5) is 6.49. The van der Waals surface area contributed by atoms with Crippen LogP contribution in [-0.4, -0.2) is 42.2 Å². The van der Waals surface area contributed by atoms with Crippen LogP contribution in [-0.2, 0) is 11.3 Å². The van der Waals surface area contributed by atoms with E-state index in [1.807, 2.05) is 19.2 Å². The Labute approximate surface area is 107 Å². The van der Waals surface area contributed by atoms with Crippen molar-refractivity contribution in [1.29, 1.82) is 5.26 Å². The first-order valence-electron chi connectivity index (χ1n) is 6.24. The molecule has 1 fully saturated rings. The Hall–Kier alpha value is -1.64. The van der Waals surface area contributed by atoms with E-state index >= 15 is 0 Å². The number of ether oxygens (including phenoxy) is 1. The number of morpholine rings is 1. The van der Waals surface area contributed by atoms with Crippen LogP contribution in [0.4, 0.5) is 5.82 Å². The van der Waals surface area contributed by atoms with Crippen LogP contribution in [0.15, 0.2) is 18.3 Å². The minimum atomic E-state index is -0.297. The molecule has 5 heteroatoms. The summed E-state index contributed by atoms with van der Waals surface area (Å²) in [5, 5.41) is 12.1. The van der Waals surface area contributed by atoms with Gasteiger partial charge in [0.2, 0.25) is 0 Å². The molecule has 96 valence electrons. The largest absolute Gasteiger partial charge is 0.370 e. The fourth-order valence-electron chi connectivity index (χ4n) is 2.03. The van der Waals surface area contributed by atoms with Gasteiger partial charge in [-0.05, 0) is 24.6 Å². The summed E-state index contributed by atoms with van der Waals surface area (Å²) in [6.07, 6.45) is 1.52. The third kappa shape index (κ3) is 3.42. The highest BCUT2D eigenvalue weighted by molar-refractivity contribution is 5.37. The molecule has 0 radical (unpaired) electrons. The van der Waals surface area contributed by atoms with E-state index in [0.29, 0.717) is 13.2 Å². The van der Waals surface area contributed by atoms with Crippen molar-refractivity contribution in [3.63, 3.8) is 0 Å². The second-order valence-electron chi connectivity index (χ2n) is 4.30. The van der Waals surface area contributed by atoms with Crippen LogP contribution >= 0.6 is 0 Å². The SMILES string of the molecule is CCNc1cc(CN2CCOC(C#N)C2)ccn1. The number of rotatable bonds is 4. The van der Waals surface area contributed by atoms with E-state index in [9.17, 15) is 0 Å². The van der Waals surface area contributed by atoms with Gasteiger partial charge in [0.1, 0.15) is 5.82 Å². The van der Waals surface area contributed by atoms with E-state index in [0.717, 1.165) is 25.5 Å². The van der Waals surface area contributed by atoms with Gasteiger partial charge in [-0.2, -0.15) is 5.26 Å². The zero-order valence-corrected chi connectivity index (χ0v) is 10.6. The van der Waals surface area contributed by atoms with Crippen LogP contribution in [0.3, 0.4) is 0 Å². The van der Waals surface area contributed by atoms with Crippen molar-refractivity contribution in [1.82, 2.24) is 9.88 Å². The average molecular weight is 246 g/mol. The molecule has 1 atom stereocenters. The average Bonchev–Trinajstić information content (AvgIpc) is 2.40. The van der Waals surface area contributed by atoms with E-state index in [4.69, 9.17) is 10.00 Å². The van der Waals surface area contributed by atoms with E-state index in [-0.39, 0.29) is 6.10 Å². The molecule has 1 aliphatic heterocycles. The van der Waals surface area contributed by atoms with Gasteiger partial charge in [0.05, 0.1) is 12.7 Å². The second kappa shape index (κ2) is 6.34. The van der Waals surface area contributed by atoms with Crippen LogP contribution in [0.2, 0.25) is 0 Å². The highest BCUT2D eigenvalue weighted by Gasteiger charge is 2.19. The van der Waals surface area contributed by atoms with E-state index in [1.165, 1.54) is 5.56 Å². The molecule has 0 spiro atoms. The maximum Gasteiger partial charge on any atom is 0.156 e. The molecule has 0 aliphatic carbocycles. The quantitative estimate of drug-likeness (QED) is 0.866. The zero-order valence-electron chi connectivity index (χ0n) is 10.6. The lowest BCUT2D eigenvalue weighted by Crippen LogP contribution is -2.41. The number of nitriles is 1. The molecule has 2 rings (SSSR count). The van der Waals surface area contributed by atoms with Gasteiger partial charge >= 0.3 is 0 Å². The molecule has 0 saturated carbocycles. The summed E-state index contributed by atoms with van der Waals surface area (Å²) in [6.45, 7) is 5.93. The number of pyridine rings is 1. The van der Waals surface area contributed by atoms with E-state index in [2.05, 4.69) is 27.3 Å². The summed E-state index contributed by atoms with van der Waals surface area (Å²) in [5.41, 5.74) is 1.21. The van der Waals surface area contributed by atoms with Gasteiger partial charge in [0, 0.05) is 32.4 Å².